The number of allylic oxidation sites excluding steroid dienone is 4. The number of hydrogen-bond donors (Lipinski definition) is 0. The maximum Gasteiger partial charge on any atom is 0 e. The summed E-state index contributed by atoms with van der Waals surface area (Å²) in [6.07, 6.45) is 2.89. The quantitative estimate of drug-likeness (QED) is 0.142. The number of Topliss-reactive ketones (excluding diaryl/α,β-unsaturated/α-hetero) is 2. The molecule has 0 saturated carbocycles. The fourth-order valence-electron chi connectivity index (χ4n) is 6.78. The third-order valence-corrected chi connectivity index (χ3v) is 8.79. The maximum atomic E-state index is 12.9. The molecule has 0 N–H and O–H groups in total. The van der Waals surface area contributed by atoms with Crippen molar-refractivity contribution in [2.24, 2.45) is 5.92 Å². The Hall–Kier alpha value is -1.07. The molecule has 7 heteroatoms. The molecule has 0 spiro atoms. The second-order valence-electron chi connectivity index (χ2n) is 12.4. The van der Waals surface area contributed by atoms with Crippen LogP contribution in [0.25, 0.3) is 22.3 Å². The van der Waals surface area contributed by atoms with Crippen molar-refractivity contribution in [2.45, 2.75) is 130 Å². The summed E-state index contributed by atoms with van der Waals surface area (Å²) >= 11 is 7.39. The summed E-state index contributed by atoms with van der Waals surface area (Å²) in [6, 6.07) is 33.2. The zero-order valence-electron chi connectivity index (χ0n) is 37.0. The molecule has 2 nitrogen and oxygen atoms in total. The van der Waals surface area contributed by atoms with Gasteiger partial charge in [-0.15, -0.1) is 11.6 Å². The van der Waals surface area contributed by atoms with Gasteiger partial charge in [0.15, 0.2) is 5.78 Å². The average Bonchev–Trinajstić information content (AvgIpc) is 3.22. The number of benzene rings is 4. The van der Waals surface area contributed by atoms with E-state index in [1.165, 1.54) is 33.7 Å². The minimum atomic E-state index is -0.278. The summed E-state index contributed by atoms with van der Waals surface area (Å²) in [4.78, 5) is 25.5. The van der Waals surface area contributed by atoms with Crippen LogP contribution in [0.5, 0.6) is 0 Å². The molecule has 1 radical (unpaired) electrons. The van der Waals surface area contributed by atoms with Crippen LogP contribution in [-0.2, 0) is 58.7 Å². The normalized spacial score (nSPS) is 11.8. The van der Waals surface area contributed by atoms with Crippen molar-refractivity contribution < 1.29 is 33.1 Å². The first-order chi connectivity index (χ1) is 27.0. The minimum absolute atomic E-state index is 0. The Morgan fingerprint density at radius 2 is 0.862 bits per heavy atom. The van der Waals surface area contributed by atoms with Crippen LogP contribution in [0, 0.1) is 11.8 Å². The van der Waals surface area contributed by atoms with E-state index in [1.807, 2.05) is 85.7 Å². The van der Waals surface area contributed by atoms with Crippen molar-refractivity contribution in [3.8, 4) is 0 Å². The molecule has 0 heterocycles. The van der Waals surface area contributed by atoms with Crippen molar-refractivity contribution >= 4 is 93.8 Å². The van der Waals surface area contributed by atoms with Gasteiger partial charge in [0.1, 0.15) is 5.78 Å². The third-order valence-electron chi connectivity index (χ3n) is 8.79. The number of halogens is 3. The first kappa shape index (κ1) is 61.2. The molecule has 0 aromatic heterocycles. The summed E-state index contributed by atoms with van der Waals surface area (Å²) in [5, 5.41) is 0. The van der Waals surface area contributed by atoms with Gasteiger partial charge in [0.2, 0.25) is 0 Å². The SMILES string of the molecule is C.CC.CC.CC.CC.CCc1ccccc1C1=C(C(C)C)c2ccccc2CC1=O.CCc1ccccc1C1=C([C-](C)C)c2ccccc2CC1=O.[I][V]([I])[I].[V]. The molecule has 2 aliphatic rings. The predicted octanol–water partition coefficient (Wildman–Crippen LogP) is 17.2. The van der Waals surface area contributed by atoms with E-state index in [0.29, 0.717) is 18.8 Å². The molecule has 0 bridgehead atoms. The molecule has 0 unspecified atom stereocenters. The van der Waals surface area contributed by atoms with Gasteiger partial charge in [-0.1, -0.05) is 218 Å². The maximum absolute atomic E-state index is 12.9. The van der Waals surface area contributed by atoms with Crippen LogP contribution in [0.3, 0.4) is 0 Å². The van der Waals surface area contributed by atoms with E-state index >= 15 is 0 Å². The zero-order valence-corrected chi connectivity index (χ0v) is 46.3. The van der Waals surface area contributed by atoms with Gasteiger partial charge >= 0.3 is 64.9 Å². The number of fused-ring (bicyclic) bond motifs is 2. The number of carbonyl (C=O) groups excluding carboxylic acids is 2. The Kier molecular flexibility index (Phi) is 36.4. The predicted molar refractivity (Wildman–Crippen MR) is 279 cm³/mol. The molecule has 0 atom stereocenters. The number of ketones is 2. The van der Waals surface area contributed by atoms with Crippen LogP contribution in [-0.4, -0.2) is 11.6 Å². The van der Waals surface area contributed by atoms with Crippen molar-refractivity contribution in [3.63, 3.8) is 0 Å². The molecule has 0 amide bonds. The summed E-state index contributed by atoms with van der Waals surface area (Å²) in [7, 11) is 0. The fraction of sp³-hybridized carbons (Fsp3) is 0.392. The second-order valence-corrected chi connectivity index (χ2v) is 47.8. The first-order valence-corrected chi connectivity index (χ1v) is 34.0. The molecular formula is C51H71I3O2V2-. The fourth-order valence-corrected chi connectivity index (χ4v) is 6.78. The van der Waals surface area contributed by atoms with Gasteiger partial charge in [-0.25, -0.2) is 0 Å². The largest absolute Gasteiger partial charge is 0 e. The van der Waals surface area contributed by atoms with E-state index in [-0.39, 0.29) is 42.5 Å². The molecule has 6 rings (SSSR count). The van der Waals surface area contributed by atoms with Crippen LogP contribution in [0.4, 0.5) is 0 Å². The molecule has 58 heavy (non-hydrogen) atoms. The molecular weight excluding hydrogens is 1130 g/mol. The van der Waals surface area contributed by atoms with Gasteiger partial charge in [0.25, 0.3) is 0 Å². The number of carbonyl (C=O) groups is 2. The van der Waals surface area contributed by atoms with Gasteiger partial charge in [-0.3, -0.25) is 4.79 Å². The Bertz CT molecular complexity index is 1710. The summed E-state index contributed by atoms with van der Waals surface area (Å²) < 4.78 is 0. The Morgan fingerprint density at radius 1 is 0.552 bits per heavy atom. The number of hydrogen-bond acceptors (Lipinski definition) is 2. The standard InChI is InChI=1S/C21H22O.C21H21O.4C2H6.CH4.3HI.2V/c2*1-4-15-9-5-7-11-17(15)21-19(22)13-16-10-6-8-12-18(16)20(21)14(2)3;4*1-2;;;;;;/h5-12,14H,4,13H2,1-3H3;5-12H,4,13H2,1-3H3;4*1-2H3;1H4;3*1H;;/q;-1;;;;;;;;;;+3/p-3. The van der Waals surface area contributed by atoms with E-state index in [0.717, 1.165) is 51.8 Å². The molecule has 4 aromatic rings. The van der Waals surface area contributed by atoms with Gasteiger partial charge in [-0.05, 0) is 46.6 Å². The average molecular weight is 1200 g/mol. The monoisotopic (exact) mass is 1200 g/mol. The van der Waals surface area contributed by atoms with Crippen LogP contribution < -0.4 is 0 Å². The minimum Gasteiger partial charge on any atom is 0 e. The molecule has 0 fully saturated rings. The smallest absolute Gasteiger partial charge is 0 e. The van der Waals surface area contributed by atoms with E-state index in [9.17, 15) is 9.59 Å². The van der Waals surface area contributed by atoms with E-state index < -0.39 is 0 Å². The van der Waals surface area contributed by atoms with E-state index in [4.69, 9.17) is 0 Å². The number of rotatable bonds is 6. The molecule has 4 aromatic carbocycles. The Labute approximate surface area is 405 Å². The van der Waals surface area contributed by atoms with Crippen LogP contribution in [0.1, 0.15) is 149 Å². The first-order valence-electron chi connectivity index (χ1n) is 20.5. The van der Waals surface area contributed by atoms with Crippen LogP contribution in [0.15, 0.2) is 97.1 Å². The van der Waals surface area contributed by atoms with E-state index in [1.54, 1.807) is 0 Å². The number of aryl methyl sites for hydroxylation is 2. The summed E-state index contributed by atoms with van der Waals surface area (Å²) in [5.74, 6) is 2.01. The van der Waals surface area contributed by atoms with Crippen molar-refractivity contribution in [3.05, 3.63) is 147 Å². The van der Waals surface area contributed by atoms with Gasteiger partial charge in [0.05, 0.1) is 0 Å². The van der Waals surface area contributed by atoms with Crippen LogP contribution in [0.2, 0.25) is 0 Å². The molecule has 0 saturated heterocycles. The van der Waals surface area contributed by atoms with Gasteiger partial charge in [-0.2, -0.15) is 11.5 Å². The third kappa shape index (κ3) is 17.7. The van der Waals surface area contributed by atoms with Gasteiger partial charge < -0.3 is 4.79 Å². The zero-order chi connectivity index (χ0) is 43.0. The summed E-state index contributed by atoms with van der Waals surface area (Å²) in [5.41, 5.74) is 13.6. The Balaban J connectivity index is -0.000000803. The summed E-state index contributed by atoms with van der Waals surface area (Å²) in [6.45, 7) is 28.8. The molecule has 2 aliphatic carbocycles. The van der Waals surface area contributed by atoms with Crippen molar-refractivity contribution in [1.82, 2.24) is 0 Å². The Morgan fingerprint density at radius 3 is 1.24 bits per heavy atom. The van der Waals surface area contributed by atoms with Gasteiger partial charge in [0, 0.05) is 37.0 Å². The van der Waals surface area contributed by atoms with E-state index in [2.05, 4.69) is 168 Å². The van der Waals surface area contributed by atoms with Crippen molar-refractivity contribution in [1.29, 1.82) is 0 Å². The topological polar surface area (TPSA) is 34.1 Å². The van der Waals surface area contributed by atoms with Crippen LogP contribution >= 0.6 is 59.9 Å². The molecule has 319 valence electrons. The van der Waals surface area contributed by atoms with Crippen molar-refractivity contribution in [2.75, 3.05) is 0 Å². The molecule has 0 aliphatic heterocycles. The second kappa shape index (κ2) is 34.5.